The average molecular weight is 316 g/mol. The fourth-order valence-corrected chi connectivity index (χ4v) is 6.15. The molecule has 20 heavy (non-hydrogen) atoms. The van der Waals surface area contributed by atoms with Gasteiger partial charge in [0, 0.05) is 28.9 Å². The first-order valence-corrected chi connectivity index (χ1v) is 9.37. The number of hydrogen-bond acceptors (Lipinski definition) is 4. The SMILES string of the molecule is CNCc1cc(S(=O)(=O)N2CC(C)CCC2C)c(C)s1. The van der Waals surface area contributed by atoms with Gasteiger partial charge in [-0.2, -0.15) is 4.31 Å². The summed E-state index contributed by atoms with van der Waals surface area (Å²) in [6.45, 7) is 7.39. The van der Waals surface area contributed by atoms with Gasteiger partial charge in [-0.25, -0.2) is 8.42 Å². The Kier molecular flexibility index (Phi) is 4.89. The topological polar surface area (TPSA) is 49.4 Å². The molecule has 0 amide bonds. The zero-order valence-corrected chi connectivity index (χ0v) is 14.3. The number of aryl methyl sites for hydroxylation is 1. The molecule has 0 saturated carbocycles. The van der Waals surface area contributed by atoms with Gasteiger partial charge in [0.2, 0.25) is 10.0 Å². The highest BCUT2D eigenvalue weighted by Gasteiger charge is 2.35. The van der Waals surface area contributed by atoms with Crippen molar-refractivity contribution >= 4 is 21.4 Å². The fraction of sp³-hybridized carbons (Fsp3) is 0.714. The van der Waals surface area contributed by atoms with Crippen LogP contribution in [0.15, 0.2) is 11.0 Å². The smallest absolute Gasteiger partial charge is 0.244 e. The largest absolute Gasteiger partial charge is 0.315 e. The maximum Gasteiger partial charge on any atom is 0.244 e. The van der Waals surface area contributed by atoms with E-state index in [1.165, 1.54) is 0 Å². The van der Waals surface area contributed by atoms with Crippen LogP contribution in [0.2, 0.25) is 0 Å². The molecule has 1 aliphatic heterocycles. The van der Waals surface area contributed by atoms with Crippen LogP contribution in [-0.2, 0) is 16.6 Å². The van der Waals surface area contributed by atoms with E-state index >= 15 is 0 Å². The van der Waals surface area contributed by atoms with Crippen LogP contribution in [-0.4, -0.2) is 32.4 Å². The molecule has 1 aromatic rings. The summed E-state index contributed by atoms with van der Waals surface area (Å²) in [5.74, 6) is 0.441. The standard InChI is InChI=1S/C14H24N2O2S2/c1-10-5-6-11(2)16(9-10)20(17,18)14-7-13(8-15-4)19-12(14)3/h7,10-11,15H,5-6,8-9H2,1-4H3. The predicted octanol–water partition coefficient (Wildman–Crippen LogP) is 2.59. The summed E-state index contributed by atoms with van der Waals surface area (Å²) >= 11 is 1.56. The van der Waals surface area contributed by atoms with Gasteiger partial charge >= 0.3 is 0 Å². The molecule has 2 heterocycles. The highest BCUT2D eigenvalue weighted by Crippen LogP contribution is 2.32. The van der Waals surface area contributed by atoms with Crippen LogP contribution in [0.3, 0.4) is 0 Å². The van der Waals surface area contributed by atoms with Gasteiger partial charge < -0.3 is 5.32 Å². The average Bonchev–Trinajstić information content (AvgIpc) is 2.74. The Balaban J connectivity index is 2.34. The molecule has 114 valence electrons. The van der Waals surface area contributed by atoms with Crippen LogP contribution in [0.4, 0.5) is 0 Å². The summed E-state index contributed by atoms with van der Waals surface area (Å²) in [5.41, 5.74) is 0. The van der Waals surface area contributed by atoms with Gasteiger partial charge in [-0.1, -0.05) is 6.92 Å². The van der Waals surface area contributed by atoms with E-state index in [2.05, 4.69) is 12.2 Å². The Bertz CT molecular complexity index is 566. The molecule has 1 aliphatic rings. The molecule has 6 heteroatoms. The summed E-state index contributed by atoms with van der Waals surface area (Å²) in [7, 11) is -1.48. The van der Waals surface area contributed by atoms with Crippen molar-refractivity contribution < 1.29 is 8.42 Å². The minimum Gasteiger partial charge on any atom is -0.315 e. The van der Waals surface area contributed by atoms with Crippen molar-refractivity contribution in [2.45, 2.75) is 51.1 Å². The van der Waals surface area contributed by atoms with E-state index in [0.717, 1.165) is 22.6 Å². The number of sulfonamides is 1. The quantitative estimate of drug-likeness (QED) is 0.929. The lowest BCUT2D eigenvalue weighted by atomic mass is 9.97. The van der Waals surface area contributed by atoms with Crippen molar-refractivity contribution in [1.29, 1.82) is 0 Å². The normalized spacial score (nSPS) is 25.0. The first-order chi connectivity index (χ1) is 9.36. The lowest BCUT2D eigenvalue weighted by molar-refractivity contribution is 0.218. The minimum atomic E-state index is -3.36. The molecule has 0 bridgehead atoms. The van der Waals surface area contributed by atoms with Crippen LogP contribution < -0.4 is 5.32 Å². The Morgan fingerprint density at radius 1 is 1.40 bits per heavy atom. The van der Waals surface area contributed by atoms with Gasteiger partial charge in [-0.05, 0) is 45.7 Å². The van der Waals surface area contributed by atoms with Crippen molar-refractivity contribution in [3.05, 3.63) is 15.8 Å². The van der Waals surface area contributed by atoms with Crippen molar-refractivity contribution in [2.75, 3.05) is 13.6 Å². The fourth-order valence-electron chi connectivity index (χ4n) is 2.75. The molecule has 1 aromatic heterocycles. The molecule has 2 rings (SSSR count). The molecule has 0 aromatic carbocycles. The van der Waals surface area contributed by atoms with Crippen molar-refractivity contribution in [2.24, 2.45) is 5.92 Å². The van der Waals surface area contributed by atoms with Crippen molar-refractivity contribution in [3.63, 3.8) is 0 Å². The van der Waals surface area contributed by atoms with Gasteiger partial charge in [0.05, 0.1) is 4.90 Å². The maximum atomic E-state index is 12.9. The van der Waals surface area contributed by atoms with E-state index in [0.29, 0.717) is 23.9 Å². The Labute approximate surface area is 126 Å². The zero-order valence-electron chi connectivity index (χ0n) is 12.6. The number of piperidine rings is 1. The Morgan fingerprint density at radius 2 is 2.10 bits per heavy atom. The molecule has 1 fully saturated rings. The third kappa shape index (κ3) is 3.08. The van der Waals surface area contributed by atoms with E-state index in [1.807, 2.05) is 27.0 Å². The number of nitrogens with one attached hydrogen (secondary N) is 1. The van der Waals surface area contributed by atoms with Crippen LogP contribution >= 0.6 is 11.3 Å². The minimum absolute atomic E-state index is 0.100. The van der Waals surface area contributed by atoms with Gasteiger partial charge in [0.15, 0.2) is 0 Å². The summed E-state index contributed by atoms with van der Waals surface area (Å²) < 4.78 is 27.5. The first kappa shape index (κ1) is 15.9. The van der Waals surface area contributed by atoms with E-state index in [1.54, 1.807) is 15.6 Å². The second kappa shape index (κ2) is 6.13. The third-order valence-corrected chi connectivity index (χ3v) is 7.21. The molecule has 0 spiro atoms. The molecular weight excluding hydrogens is 292 g/mol. The van der Waals surface area contributed by atoms with E-state index < -0.39 is 10.0 Å². The summed E-state index contributed by atoms with van der Waals surface area (Å²) in [6.07, 6.45) is 2.06. The molecule has 0 aliphatic carbocycles. The molecule has 2 unspecified atom stereocenters. The highest BCUT2D eigenvalue weighted by atomic mass is 32.2. The number of rotatable bonds is 4. The van der Waals surface area contributed by atoms with Gasteiger partial charge in [-0.3, -0.25) is 0 Å². The molecular formula is C14H24N2O2S2. The molecule has 2 atom stereocenters. The molecule has 4 nitrogen and oxygen atoms in total. The molecule has 1 N–H and O–H groups in total. The Hall–Kier alpha value is -0.430. The summed E-state index contributed by atoms with van der Waals surface area (Å²) in [6, 6.07) is 1.93. The predicted molar refractivity (Wildman–Crippen MR) is 83.6 cm³/mol. The number of hydrogen-bond donors (Lipinski definition) is 1. The van der Waals surface area contributed by atoms with E-state index in [-0.39, 0.29) is 6.04 Å². The molecule has 1 saturated heterocycles. The molecule has 0 radical (unpaired) electrons. The third-order valence-electron chi connectivity index (χ3n) is 3.92. The highest BCUT2D eigenvalue weighted by molar-refractivity contribution is 7.89. The van der Waals surface area contributed by atoms with Crippen LogP contribution in [0, 0.1) is 12.8 Å². The number of nitrogens with zero attached hydrogens (tertiary/aromatic N) is 1. The summed E-state index contributed by atoms with van der Waals surface area (Å²) in [5, 5.41) is 3.07. The Morgan fingerprint density at radius 3 is 2.75 bits per heavy atom. The van der Waals surface area contributed by atoms with Crippen molar-refractivity contribution in [1.82, 2.24) is 9.62 Å². The van der Waals surface area contributed by atoms with Crippen LogP contribution in [0.1, 0.15) is 36.4 Å². The van der Waals surface area contributed by atoms with E-state index in [4.69, 9.17) is 0 Å². The van der Waals surface area contributed by atoms with Crippen molar-refractivity contribution in [3.8, 4) is 0 Å². The lowest BCUT2D eigenvalue weighted by Crippen LogP contribution is -2.44. The van der Waals surface area contributed by atoms with Crippen LogP contribution in [0.25, 0.3) is 0 Å². The van der Waals surface area contributed by atoms with Gasteiger partial charge in [0.25, 0.3) is 0 Å². The van der Waals surface area contributed by atoms with Gasteiger partial charge in [0.1, 0.15) is 0 Å². The first-order valence-electron chi connectivity index (χ1n) is 7.12. The van der Waals surface area contributed by atoms with Crippen LogP contribution in [0.5, 0.6) is 0 Å². The maximum absolute atomic E-state index is 12.9. The second-order valence-corrected chi connectivity index (χ2v) is 8.97. The number of thiophene rings is 1. The van der Waals surface area contributed by atoms with E-state index in [9.17, 15) is 8.42 Å². The monoisotopic (exact) mass is 316 g/mol. The van der Waals surface area contributed by atoms with Gasteiger partial charge in [-0.15, -0.1) is 11.3 Å². The second-order valence-electron chi connectivity index (χ2n) is 5.77. The summed E-state index contributed by atoms with van der Waals surface area (Å²) in [4.78, 5) is 2.45. The zero-order chi connectivity index (χ0) is 14.9. The lowest BCUT2D eigenvalue weighted by Gasteiger charge is -2.35.